The summed E-state index contributed by atoms with van der Waals surface area (Å²) in [7, 11) is 0. The minimum atomic E-state index is 0.817. The lowest BCUT2D eigenvalue weighted by molar-refractivity contribution is 1.08. The molecule has 9 aromatic carbocycles. The largest absolute Gasteiger partial charge is 0.309 e. The summed E-state index contributed by atoms with van der Waals surface area (Å²) in [6.45, 7) is 0. The van der Waals surface area contributed by atoms with Crippen LogP contribution in [0.5, 0.6) is 0 Å². The van der Waals surface area contributed by atoms with Crippen LogP contribution in [-0.4, -0.2) is 23.5 Å². The third-order valence-electron chi connectivity index (χ3n) is 12.5. The second-order valence-electron chi connectivity index (χ2n) is 15.3. The molecule has 0 spiro atoms. The van der Waals surface area contributed by atoms with Crippen molar-refractivity contribution < 1.29 is 0 Å². The number of hydrogen-bond acceptors (Lipinski definition) is 2. The minimum absolute atomic E-state index is 0.817. The predicted molar refractivity (Wildman–Crippen MR) is 237 cm³/mol. The van der Waals surface area contributed by atoms with E-state index in [1.807, 2.05) is 6.07 Å². The zero-order chi connectivity index (χ0) is 36.9. The van der Waals surface area contributed by atoms with Gasteiger partial charge in [-0.15, -0.1) is 0 Å². The molecule has 5 nitrogen and oxygen atoms in total. The Balaban J connectivity index is 1.17. The van der Waals surface area contributed by atoms with Gasteiger partial charge >= 0.3 is 0 Å². The first-order valence-electron chi connectivity index (χ1n) is 19.5. The number of aromatic nitrogens is 5. The van der Waals surface area contributed by atoms with Gasteiger partial charge in [-0.05, 0) is 71.4 Å². The van der Waals surface area contributed by atoms with Crippen LogP contribution in [-0.2, 0) is 0 Å². The maximum absolute atomic E-state index is 5.56. The molecule has 0 bridgehead atoms. The molecule has 0 radical (unpaired) electrons. The number of hydrogen-bond donors (Lipinski definition) is 0. The van der Waals surface area contributed by atoms with E-state index in [2.05, 4.69) is 183 Å². The van der Waals surface area contributed by atoms with E-state index in [1.165, 1.54) is 75.9 Å². The average Bonchev–Trinajstić information content (AvgIpc) is 3.88. The molecule has 0 N–H and O–H groups in total. The highest BCUT2D eigenvalue weighted by Gasteiger charge is 2.27. The molecule has 0 fully saturated rings. The summed E-state index contributed by atoms with van der Waals surface area (Å²) in [4.78, 5) is 11.1. The van der Waals surface area contributed by atoms with Crippen LogP contribution < -0.4 is 0 Å². The van der Waals surface area contributed by atoms with Crippen LogP contribution in [0.25, 0.3) is 126 Å². The first-order chi connectivity index (χ1) is 28.3. The monoisotopic (exact) mass is 723 g/mol. The Morgan fingerprint density at radius 1 is 0.351 bits per heavy atom. The van der Waals surface area contributed by atoms with Crippen molar-refractivity contribution in [1.82, 2.24) is 23.5 Å². The van der Waals surface area contributed by atoms with Gasteiger partial charge in [-0.2, -0.15) is 0 Å². The van der Waals surface area contributed by atoms with E-state index in [0.29, 0.717) is 0 Å². The van der Waals surface area contributed by atoms with E-state index < -0.39 is 0 Å². The number of benzene rings is 9. The van der Waals surface area contributed by atoms with Crippen molar-refractivity contribution in [2.24, 2.45) is 0 Å². The fourth-order valence-corrected chi connectivity index (χ4v) is 10.2. The molecule has 0 aliphatic heterocycles. The normalized spacial score (nSPS) is 12.6. The molecule has 0 saturated heterocycles. The fourth-order valence-electron chi connectivity index (χ4n) is 10.2. The first kappa shape index (κ1) is 29.6. The van der Waals surface area contributed by atoms with Crippen molar-refractivity contribution >= 4 is 104 Å². The van der Waals surface area contributed by atoms with Gasteiger partial charge < -0.3 is 8.97 Å². The highest BCUT2D eigenvalue weighted by atomic mass is 15.1. The van der Waals surface area contributed by atoms with Gasteiger partial charge in [-0.3, -0.25) is 4.57 Å². The summed E-state index contributed by atoms with van der Waals surface area (Å²) in [6.07, 6.45) is 0. The highest BCUT2D eigenvalue weighted by molar-refractivity contribution is 6.37. The van der Waals surface area contributed by atoms with Crippen molar-refractivity contribution in [2.75, 3.05) is 0 Å². The van der Waals surface area contributed by atoms with Crippen LogP contribution in [0, 0.1) is 0 Å². The van der Waals surface area contributed by atoms with Gasteiger partial charge in [-0.25, -0.2) is 9.97 Å². The van der Waals surface area contributed by atoms with Crippen LogP contribution in [0.1, 0.15) is 0 Å². The van der Waals surface area contributed by atoms with Gasteiger partial charge in [0.2, 0.25) is 0 Å². The van der Waals surface area contributed by atoms with Crippen molar-refractivity contribution in [3.63, 3.8) is 0 Å². The Kier molecular flexibility index (Phi) is 5.45. The van der Waals surface area contributed by atoms with E-state index in [-0.39, 0.29) is 0 Å². The van der Waals surface area contributed by atoms with E-state index in [1.54, 1.807) is 0 Å². The molecular formula is C52H29N5. The zero-order valence-electron chi connectivity index (χ0n) is 30.5. The fraction of sp³-hybridized carbons (Fsp3) is 0. The SMILES string of the molecule is c1ccc(-n2c3ccccc3c3ccc(-c4nc5ccccc5nc4-n4c5ccc6ccc7cccc8c7c6c5c5c4ccc4c6ccccc6n8c45)cc32)cc1. The van der Waals surface area contributed by atoms with Crippen molar-refractivity contribution in [1.29, 1.82) is 0 Å². The van der Waals surface area contributed by atoms with E-state index >= 15 is 0 Å². The maximum Gasteiger partial charge on any atom is 0.165 e. The number of fused-ring (bicyclic) bond motifs is 8. The van der Waals surface area contributed by atoms with Crippen LogP contribution >= 0.6 is 0 Å². The molecule has 0 saturated carbocycles. The van der Waals surface area contributed by atoms with Crippen LogP contribution in [0.4, 0.5) is 0 Å². The summed E-state index contributed by atoms with van der Waals surface area (Å²) in [6, 6.07) is 63.8. The van der Waals surface area contributed by atoms with Crippen LogP contribution in [0.3, 0.4) is 0 Å². The molecule has 14 rings (SSSR count). The molecule has 0 unspecified atom stereocenters. The number of rotatable bonds is 3. The van der Waals surface area contributed by atoms with Crippen LogP contribution in [0.2, 0.25) is 0 Å². The standard InChI is InChI=1S/C52H29N5/c1-2-12-33(13-3-1)55-40-18-8-4-14-34(40)36-25-23-32(29-45(36)55)50-52(54-39-17-7-6-16-38(39)53-50)57-43-27-24-31-22-21-30-11-10-20-42-46(30)47(31)48(43)49-44(57)28-26-37-35-15-5-9-19-41(35)56(42)51(37)49/h1-29H. The van der Waals surface area contributed by atoms with E-state index in [0.717, 1.165) is 50.3 Å². The molecular weight excluding hydrogens is 695 g/mol. The second kappa shape index (κ2) is 10.5. The smallest absolute Gasteiger partial charge is 0.165 e. The lowest BCUT2D eigenvalue weighted by atomic mass is 9.97. The topological polar surface area (TPSA) is 40.0 Å². The number of nitrogens with zero attached hydrogens (tertiary/aromatic N) is 5. The molecule has 5 heterocycles. The van der Waals surface area contributed by atoms with E-state index in [9.17, 15) is 0 Å². The summed E-state index contributed by atoms with van der Waals surface area (Å²) in [5.41, 5.74) is 12.9. The summed E-state index contributed by atoms with van der Waals surface area (Å²) in [5.74, 6) is 0.817. The van der Waals surface area contributed by atoms with Gasteiger partial charge in [0.25, 0.3) is 0 Å². The molecule has 57 heavy (non-hydrogen) atoms. The minimum Gasteiger partial charge on any atom is -0.309 e. The molecule has 0 amide bonds. The number of para-hydroxylation sites is 5. The van der Waals surface area contributed by atoms with Gasteiger partial charge in [0.1, 0.15) is 5.69 Å². The van der Waals surface area contributed by atoms with Gasteiger partial charge in [0.15, 0.2) is 5.82 Å². The van der Waals surface area contributed by atoms with Gasteiger partial charge in [0.05, 0.1) is 49.7 Å². The Hall–Kier alpha value is -7.76. The average molecular weight is 724 g/mol. The third-order valence-corrected chi connectivity index (χ3v) is 12.5. The maximum atomic E-state index is 5.56. The third kappa shape index (κ3) is 3.69. The summed E-state index contributed by atoms with van der Waals surface area (Å²) < 4.78 is 7.28. The first-order valence-corrected chi connectivity index (χ1v) is 19.5. The zero-order valence-corrected chi connectivity index (χ0v) is 30.5. The molecule has 5 aromatic heterocycles. The molecule has 0 aliphatic carbocycles. The molecule has 5 heteroatoms. The second-order valence-corrected chi connectivity index (χ2v) is 15.3. The summed E-state index contributed by atoms with van der Waals surface area (Å²) >= 11 is 0. The lowest BCUT2D eigenvalue weighted by Crippen LogP contribution is -2.04. The molecule has 0 atom stereocenters. The Labute approximate surface area is 324 Å². The summed E-state index contributed by atoms with van der Waals surface area (Å²) in [5, 5.41) is 12.5. The quantitative estimate of drug-likeness (QED) is 0.170. The lowest BCUT2D eigenvalue weighted by Gasteiger charge is -2.15. The van der Waals surface area contributed by atoms with Gasteiger partial charge in [0, 0.05) is 54.3 Å². The predicted octanol–water partition coefficient (Wildman–Crippen LogP) is 13.2. The molecule has 0 aliphatic rings. The van der Waals surface area contributed by atoms with Gasteiger partial charge in [-0.1, -0.05) is 115 Å². The van der Waals surface area contributed by atoms with Crippen molar-refractivity contribution in [2.45, 2.75) is 0 Å². The van der Waals surface area contributed by atoms with Crippen molar-refractivity contribution in [3.05, 3.63) is 176 Å². The molecule has 14 aromatic rings. The molecule has 262 valence electrons. The van der Waals surface area contributed by atoms with Crippen LogP contribution in [0.15, 0.2) is 176 Å². The Bertz CT molecular complexity index is 3980. The Morgan fingerprint density at radius 2 is 0.982 bits per heavy atom. The Morgan fingerprint density at radius 3 is 1.84 bits per heavy atom. The highest BCUT2D eigenvalue weighted by Crippen LogP contribution is 2.48. The van der Waals surface area contributed by atoms with E-state index in [4.69, 9.17) is 9.97 Å². The van der Waals surface area contributed by atoms with Crippen molar-refractivity contribution in [3.8, 4) is 22.8 Å².